The maximum absolute atomic E-state index is 12.5. The standard InChI is InChI=1S/C18H27N3O2.ClH/c1-11(2)20-17(22)13-7-8-16(12(3)9-13)21-18(23)15-6-4-5-14(15)10-19;/h7-9,11,14-15H,4-6,10,19H2,1-3H3,(H,20,22)(H,21,23);1H/t14-,15-;/m1./s1. The van der Waals surface area contributed by atoms with E-state index in [1.54, 1.807) is 12.1 Å². The van der Waals surface area contributed by atoms with Gasteiger partial charge in [-0.2, -0.15) is 0 Å². The second-order valence-corrected chi connectivity index (χ2v) is 6.68. The van der Waals surface area contributed by atoms with Gasteiger partial charge in [-0.1, -0.05) is 6.42 Å². The van der Waals surface area contributed by atoms with Crippen LogP contribution in [0.5, 0.6) is 0 Å². The van der Waals surface area contributed by atoms with E-state index in [-0.39, 0.29) is 42.1 Å². The average molecular weight is 354 g/mol. The highest BCUT2D eigenvalue weighted by Crippen LogP contribution is 2.32. The summed E-state index contributed by atoms with van der Waals surface area (Å²) in [5, 5.41) is 5.86. The van der Waals surface area contributed by atoms with E-state index in [9.17, 15) is 9.59 Å². The lowest BCUT2D eigenvalue weighted by molar-refractivity contribution is -0.120. The van der Waals surface area contributed by atoms with Gasteiger partial charge in [-0.05, 0) is 69.8 Å². The molecule has 1 aliphatic carbocycles. The predicted molar refractivity (Wildman–Crippen MR) is 99.5 cm³/mol. The van der Waals surface area contributed by atoms with Gasteiger partial charge in [-0.3, -0.25) is 9.59 Å². The molecule has 0 aliphatic heterocycles. The number of anilines is 1. The van der Waals surface area contributed by atoms with Gasteiger partial charge in [0.15, 0.2) is 0 Å². The smallest absolute Gasteiger partial charge is 0.251 e. The number of benzene rings is 1. The number of halogens is 1. The molecule has 1 aromatic rings. The van der Waals surface area contributed by atoms with Crippen LogP contribution in [0.4, 0.5) is 5.69 Å². The van der Waals surface area contributed by atoms with Crippen molar-refractivity contribution in [3.63, 3.8) is 0 Å². The van der Waals surface area contributed by atoms with Crippen molar-refractivity contribution < 1.29 is 9.59 Å². The molecule has 1 aliphatic rings. The van der Waals surface area contributed by atoms with E-state index >= 15 is 0 Å². The first-order valence-corrected chi connectivity index (χ1v) is 8.34. The number of carbonyl (C=O) groups excluding carboxylic acids is 2. The van der Waals surface area contributed by atoms with Gasteiger partial charge in [0.2, 0.25) is 5.91 Å². The Labute approximate surface area is 150 Å². The number of aryl methyl sites for hydroxylation is 1. The summed E-state index contributed by atoms with van der Waals surface area (Å²) in [5.41, 5.74) is 8.01. The zero-order chi connectivity index (χ0) is 17.0. The fraction of sp³-hybridized carbons (Fsp3) is 0.556. The van der Waals surface area contributed by atoms with Crippen molar-refractivity contribution in [3.8, 4) is 0 Å². The summed E-state index contributed by atoms with van der Waals surface area (Å²) in [6, 6.07) is 5.45. The molecule has 1 aromatic carbocycles. The fourth-order valence-electron chi connectivity index (χ4n) is 3.18. The van der Waals surface area contributed by atoms with Crippen molar-refractivity contribution in [1.29, 1.82) is 0 Å². The molecule has 0 unspecified atom stereocenters. The largest absolute Gasteiger partial charge is 0.350 e. The molecule has 0 heterocycles. The molecule has 0 saturated heterocycles. The van der Waals surface area contributed by atoms with E-state index < -0.39 is 0 Å². The Morgan fingerprint density at radius 1 is 1.29 bits per heavy atom. The minimum Gasteiger partial charge on any atom is -0.350 e. The van der Waals surface area contributed by atoms with E-state index in [1.165, 1.54) is 0 Å². The highest BCUT2D eigenvalue weighted by Gasteiger charge is 2.32. The molecule has 2 atom stereocenters. The van der Waals surface area contributed by atoms with Crippen molar-refractivity contribution >= 4 is 29.9 Å². The van der Waals surface area contributed by atoms with Gasteiger partial charge < -0.3 is 16.4 Å². The van der Waals surface area contributed by atoms with Gasteiger partial charge in [0.05, 0.1) is 0 Å². The first kappa shape index (κ1) is 20.5. The van der Waals surface area contributed by atoms with Crippen molar-refractivity contribution in [2.45, 2.75) is 46.1 Å². The number of carbonyl (C=O) groups is 2. The van der Waals surface area contributed by atoms with Crippen molar-refractivity contribution in [3.05, 3.63) is 29.3 Å². The summed E-state index contributed by atoms with van der Waals surface area (Å²) in [6.07, 6.45) is 3.00. The molecule has 134 valence electrons. The number of nitrogens with one attached hydrogen (secondary N) is 2. The van der Waals surface area contributed by atoms with Crippen LogP contribution in [0.15, 0.2) is 18.2 Å². The third-order valence-electron chi connectivity index (χ3n) is 4.46. The fourth-order valence-corrected chi connectivity index (χ4v) is 3.18. The maximum atomic E-state index is 12.5. The molecule has 0 bridgehead atoms. The monoisotopic (exact) mass is 353 g/mol. The van der Waals surface area contributed by atoms with Gasteiger partial charge in [-0.25, -0.2) is 0 Å². The van der Waals surface area contributed by atoms with Crippen molar-refractivity contribution in [1.82, 2.24) is 5.32 Å². The maximum Gasteiger partial charge on any atom is 0.251 e. The molecular weight excluding hydrogens is 326 g/mol. The van der Waals surface area contributed by atoms with Gasteiger partial charge in [0.1, 0.15) is 0 Å². The van der Waals surface area contributed by atoms with E-state index in [0.717, 1.165) is 30.5 Å². The van der Waals surface area contributed by atoms with Crippen LogP contribution in [0.1, 0.15) is 49.0 Å². The first-order chi connectivity index (χ1) is 10.9. The average Bonchev–Trinajstić information content (AvgIpc) is 2.97. The molecule has 5 nitrogen and oxygen atoms in total. The predicted octanol–water partition coefficient (Wildman–Crippen LogP) is 2.87. The Kier molecular flexibility index (Phi) is 7.70. The third kappa shape index (κ3) is 4.95. The van der Waals surface area contributed by atoms with Gasteiger partial charge in [0.25, 0.3) is 5.91 Å². The molecule has 0 aromatic heterocycles. The molecule has 2 rings (SSSR count). The van der Waals surface area contributed by atoms with Crippen molar-refractivity contribution in [2.24, 2.45) is 17.6 Å². The van der Waals surface area contributed by atoms with Crippen LogP contribution in [0.2, 0.25) is 0 Å². The second-order valence-electron chi connectivity index (χ2n) is 6.68. The van der Waals surface area contributed by atoms with Crippen LogP contribution in [-0.2, 0) is 4.79 Å². The molecule has 1 fully saturated rings. The third-order valence-corrected chi connectivity index (χ3v) is 4.46. The van der Waals surface area contributed by atoms with Gasteiger partial charge in [0, 0.05) is 23.2 Å². The highest BCUT2D eigenvalue weighted by atomic mass is 35.5. The summed E-state index contributed by atoms with van der Waals surface area (Å²) in [7, 11) is 0. The molecule has 6 heteroatoms. The van der Waals surface area contributed by atoms with E-state index in [4.69, 9.17) is 5.73 Å². The number of amides is 2. The van der Waals surface area contributed by atoms with E-state index in [1.807, 2.05) is 26.8 Å². The highest BCUT2D eigenvalue weighted by molar-refractivity contribution is 5.97. The lowest BCUT2D eigenvalue weighted by atomic mass is 9.95. The normalized spacial score (nSPS) is 19.7. The topological polar surface area (TPSA) is 84.2 Å². The van der Waals surface area contributed by atoms with Crippen LogP contribution in [-0.4, -0.2) is 24.4 Å². The molecule has 4 N–H and O–H groups in total. The van der Waals surface area contributed by atoms with Crippen LogP contribution < -0.4 is 16.4 Å². The number of rotatable bonds is 5. The Morgan fingerprint density at radius 2 is 2.00 bits per heavy atom. The summed E-state index contributed by atoms with van der Waals surface area (Å²) in [5.74, 6) is 0.232. The van der Waals surface area contributed by atoms with Crippen molar-refractivity contribution in [2.75, 3.05) is 11.9 Å². The zero-order valence-electron chi connectivity index (χ0n) is 14.6. The minimum atomic E-state index is -0.0973. The van der Waals surface area contributed by atoms with Gasteiger partial charge in [-0.15, -0.1) is 12.4 Å². The second kappa shape index (κ2) is 9.04. The molecular formula is C18H28ClN3O2. The molecule has 0 spiro atoms. The number of nitrogens with two attached hydrogens (primary N) is 1. The number of hydrogen-bond acceptors (Lipinski definition) is 3. The van der Waals surface area contributed by atoms with Crippen LogP contribution in [0, 0.1) is 18.8 Å². The van der Waals surface area contributed by atoms with E-state index in [0.29, 0.717) is 12.1 Å². The lowest BCUT2D eigenvalue weighted by Gasteiger charge is -2.18. The van der Waals surface area contributed by atoms with Crippen LogP contribution in [0.3, 0.4) is 0 Å². The molecule has 24 heavy (non-hydrogen) atoms. The molecule has 0 radical (unpaired) electrons. The Morgan fingerprint density at radius 3 is 2.58 bits per heavy atom. The molecule has 1 saturated carbocycles. The summed E-state index contributed by atoms with van der Waals surface area (Å²) in [6.45, 7) is 6.31. The first-order valence-electron chi connectivity index (χ1n) is 8.34. The Bertz CT molecular complexity index is 590. The van der Waals surface area contributed by atoms with Gasteiger partial charge >= 0.3 is 0 Å². The van der Waals surface area contributed by atoms with E-state index in [2.05, 4.69) is 10.6 Å². The minimum absolute atomic E-state index is 0. The van der Waals surface area contributed by atoms with Crippen LogP contribution in [0.25, 0.3) is 0 Å². The molecule has 2 amide bonds. The summed E-state index contributed by atoms with van der Waals surface area (Å²) < 4.78 is 0. The SMILES string of the molecule is Cc1cc(C(=O)NC(C)C)ccc1NC(=O)[C@@H]1CCC[C@@H]1CN.Cl. The Hall–Kier alpha value is -1.59. The quantitative estimate of drug-likeness (QED) is 0.761. The Balaban J connectivity index is 0.00000288. The zero-order valence-corrected chi connectivity index (χ0v) is 15.4. The summed E-state index contributed by atoms with van der Waals surface area (Å²) >= 11 is 0. The summed E-state index contributed by atoms with van der Waals surface area (Å²) in [4.78, 5) is 24.5. The van der Waals surface area contributed by atoms with Crippen LogP contribution >= 0.6 is 12.4 Å². The number of hydrogen-bond donors (Lipinski definition) is 3. The lowest BCUT2D eigenvalue weighted by Crippen LogP contribution is -2.31.